The molecule has 9 nitrogen and oxygen atoms in total. The number of ether oxygens (including phenoxy) is 4. The normalized spacial score (nSPS) is 10.0. The van der Waals surface area contributed by atoms with Crippen LogP contribution in [-0.4, -0.2) is 61.3 Å². The first-order valence-electron chi connectivity index (χ1n) is 8.13. The number of carboxylic acid groups (broad SMARTS) is 1. The third-order valence-corrected chi connectivity index (χ3v) is 2.68. The Kier molecular flexibility index (Phi) is 12.6. The van der Waals surface area contributed by atoms with Crippen LogP contribution in [-0.2, 0) is 14.3 Å². The molecule has 0 spiro atoms. The largest absolute Gasteiger partial charge is 0.487 e. The molecule has 148 valence electrons. The summed E-state index contributed by atoms with van der Waals surface area (Å²) in [5.74, 6) is -0.0155. The Balaban J connectivity index is 0.00000141. The van der Waals surface area contributed by atoms with E-state index in [-0.39, 0.29) is 25.7 Å². The van der Waals surface area contributed by atoms with E-state index < -0.39 is 12.3 Å². The Hall–Kier alpha value is -2.36. The van der Waals surface area contributed by atoms with E-state index in [1.807, 2.05) is 13.8 Å². The van der Waals surface area contributed by atoms with E-state index in [0.29, 0.717) is 30.3 Å². The fourth-order valence-electron chi connectivity index (χ4n) is 1.74. The summed E-state index contributed by atoms with van der Waals surface area (Å²) in [7, 11) is 0. The molecule has 0 atom stereocenters. The van der Waals surface area contributed by atoms with Crippen molar-refractivity contribution in [1.29, 1.82) is 5.41 Å². The zero-order valence-corrected chi connectivity index (χ0v) is 15.4. The molecular formula is C17H28N2O7. The van der Waals surface area contributed by atoms with Crippen molar-refractivity contribution in [2.45, 2.75) is 27.1 Å². The van der Waals surface area contributed by atoms with Crippen molar-refractivity contribution in [3.63, 3.8) is 0 Å². The second-order valence-electron chi connectivity index (χ2n) is 4.82. The lowest BCUT2D eigenvalue weighted by molar-refractivity contribution is -0.152. The number of aliphatic hydroxyl groups is 1. The number of benzene rings is 1. The summed E-state index contributed by atoms with van der Waals surface area (Å²) in [6.45, 7) is 6.09. The van der Waals surface area contributed by atoms with Crippen LogP contribution in [0.4, 0.5) is 0 Å². The molecule has 1 rings (SSSR count). The van der Waals surface area contributed by atoms with Crippen molar-refractivity contribution >= 4 is 11.8 Å². The SMILES string of the molecule is CC(=O)O.CCOC(COc1ccc(C(=N)N)cc1OCCO)OCC. The third-order valence-electron chi connectivity index (χ3n) is 2.68. The Morgan fingerprint density at radius 2 is 1.77 bits per heavy atom. The number of rotatable bonds is 11. The highest BCUT2D eigenvalue weighted by atomic mass is 16.7. The van der Waals surface area contributed by atoms with Crippen molar-refractivity contribution in [3.05, 3.63) is 23.8 Å². The quantitative estimate of drug-likeness (QED) is 0.258. The van der Waals surface area contributed by atoms with Gasteiger partial charge in [-0.05, 0) is 32.0 Å². The summed E-state index contributed by atoms with van der Waals surface area (Å²) in [5.41, 5.74) is 5.98. The summed E-state index contributed by atoms with van der Waals surface area (Å²) in [6.07, 6.45) is -0.465. The van der Waals surface area contributed by atoms with Crippen LogP contribution in [0.2, 0.25) is 0 Å². The van der Waals surface area contributed by atoms with E-state index in [9.17, 15) is 0 Å². The van der Waals surface area contributed by atoms with Crippen molar-refractivity contribution in [1.82, 2.24) is 0 Å². The highest BCUT2D eigenvalue weighted by molar-refractivity contribution is 5.95. The molecule has 0 aromatic heterocycles. The predicted molar refractivity (Wildman–Crippen MR) is 95.9 cm³/mol. The van der Waals surface area contributed by atoms with E-state index in [1.54, 1.807) is 18.2 Å². The van der Waals surface area contributed by atoms with E-state index >= 15 is 0 Å². The lowest BCUT2D eigenvalue weighted by atomic mass is 10.2. The van der Waals surface area contributed by atoms with E-state index in [1.165, 1.54) is 0 Å². The first-order chi connectivity index (χ1) is 12.3. The van der Waals surface area contributed by atoms with Crippen LogP contribution in [0.3, 0.4) is 0 Å². The summed E-state index contributed by atoms with van der Waals surface area (Å²) >= 11 is 0. The van der Waals surface area contributed by atoms with Gasteiger partial charge in [-0.15, -0.1) is 0 Å². The molecule has 26 heavy (non-hydrogen) atoms. The standard InChI is InChI=1S/C15H24N2O5.C2H4O2/c1-3-19-14(20-4-2)10-22-12-6-5-11(15(16)17)9-13(12)21-8-7-18;1-2(3)4/h5-6,9,14,18H,3-4,7-8,10H2,1-2H3,(H3,16,17);1H3,(H,3,4). The summed E-state index contributed by atoms with van der Waals surface area (Å²) in [4.78, 5) is 9.00. The van der Waals surface area contributed by atoms with Crippen LogP contribution < -0.4 is 15.2 Å². The molecule has 1 aromatic rings. The maximum atomic E-state index is 9.00. The molecule has 0 aliphatic carbocycles. The highest BCUT2D eigenvalue weighted by Crippen LogP contribution is 2.28. The molecule has 1 aromatic carbocycles. The number of nitrogens with two attached hydrogens (primary N) is 1. The smallest absolute Gasteiger partial charge is 0.300 e. The van der Waals surface area contributed by atoms with Gasteiger partial charge in [0.1, 0.15) is 19.0 Å². The Morgan fingerprint density at radius 1 is 1.19 bits per heavy atom. The molecule has 0 radical (unpaired) electrons. The molecule has 9 heteroatoms. The summed E-state index contributed by atoms with van der Waals surface area (Å²) < 4.78 is 21.9. The van der Waals surface area contributed by atoms with E-state index in [2.05, 4.69) is 0 Å². The van der Waals surface area contributed by atoms with Gasteiger partial charge in [-0.25, -0.2) is 0 Å². The highest BCUT2D eigenvalue weighted by Gasteiger charge is 2.13. The van der Waals surface area contributed by atoms with Crippen LogP contribution in [0, 0.1) is 5.41 Å². The molecule has 5 N–H and O–H groups in total. The monoisotopic (exact) mass is 372 g/mol. The molecule has 0 bridgehead atoms. The van der Waals surface area contributed by atoms with Crippen molar-refractivity contribution in [3.8, 4) is 11.5 Å². The van der Waals surface area contributed by atoms with Crippen LogP contribution >= 0.6 is 0 Å². The van der Waals surface area contributed by atoms with Gasteiger partial charge in [0.15, 0.2) is 17.8 Å². The fraction of sp³-hybridized carbons (Fsp3) is 0.529. The van der Waals surface area contributed by atoms with Gasteiger partial charge in [-0.1, -0.05) is 0 Å². The molecule has 0 saturated carbocycles. The molecular weight excluding hydrogens is 344 g/mol. The van der Waals surface area contributed by atoms with Crippen LogP contribution in [0.25, 0.3) is 0 Å². The number of carbonyl (C=O) groups is 1. The van der Waals surface area contributed by atoms with Gasteiger partial charge in [0, 0.05) is 25.7 Å². The molecule has 0 aliphatic rings. The lowest BCUT2D eigenvalue weighted by Crippen LogP contribution is -2.25. The molecule has 0 unspecified atom stereocenters. The number of aliphatic carboxylic acids is 1. The number of nitrogen functional groups attached to an aromatic ring is 1. The lowest BCUT2D eigenvalue weighted by Gasteiger charge is -2.19. The Morgan fingerprint density at radius 3 is 2.23 bits per heavy atom. The second kappa shape index (κ2) is 13.9. The van der Waals surface area contributed by atoms with Gasteiger partial charge >= 0.3 is 0 Å². The third kappa shape index (κ3) is 10.5. The minimum Gasteiger partial charge on any atom is -0.487 e. The number of amidine groups is 1. The zero-order chi connectivity index (χ0) is 19.9. The summed E-state index contributed by atoms with van der Waals surface area (Å²) in [5, 5.41) is 23.8. The van der Waals surface area contributed by atoms with Crippen LogP contribution in [0.5, 0.6) is 11.5 Å². The average Bonchev–Trinajstić information content (AvgIpc) is 2.58. The van der Waals surface area contributed by atoms with E-state index in [0.717, 1.165) is 6.92 Å². The number of hydrogen-bond acceptors (Lipinski definition) is 7. The first kappa shape index (κ1) is 23.6. The van der Waals surface area contributed by atoms with Gasteiger partial charge in [0.25, 0.3) is 5.97 Å². The van der Waals surface area contributed by atoms with E-state index in [4.69, 9.17) is 45.1 Å². The minimum absolute atomic E-state index is 0.0677. The van der Waals surface area contributed by atoms with Crippen LogP contribution in [0.15, 0.2) is 18.2 Å². The molecule has 0 saturated heterocycles. The van der Waals surface area contributed by atoms with Crippen LogP contribution in [0.1, 0.15) is 26.3 Å². The van der Waals surface area contributed by atoms with Gasteiger partial charge in [0.2, 0.25) is 0 Å². The maximum Gasteiger partial charge on any atom is 0.300 e. The molecule has 0 aliphatic heterocycles. The molecule has 0 amide bonds. The summed E-state index contributed by atoms with van der Waals surface area (Å²) in [6, 6.07) is 4.93. The minimum atomic E-state index is -0.833. The average molecular weight is 372 g/mol. The van der Waals surface area contributed by atoms with Gasteiger partial charge in [0.05, 0.1) is 6.61 Å². The zero-order valence-electron chi connectivity index (χ0n) is 15.4. The molecule has 0 heterocycles. The number of nitrogens with one attached hydrogen (secondary N) is 1. The Bertz CT molecular complexity index is 542. The van der Waals surface area contributed by atoms with Gasteiger partial charge in [-0.2, -0.15) is 0 Å². The topological polar surface area (TPSA) is 144 Å². The fourth-order valence-corrected chi connectivity index (χ4v) is 1.74. The van der Waals surface area contributed by atoms with Crippen molar-refractivity contribution in [2.75, 3.05) is 33.0 Å². The molecule has 0 fully saturated rings. The van der Waals surface area contributed by atoms with Crippen molar-refractivity contribution in [2.24, 2.45) is 5.73 Å². The first-order valence-corrected chi connectivity index (χ1v) is 8.13. The second-order valence-corrected chi connectivity index (χ2v) is 4.82. The van der Waals surface area contributed by atoms with Gasteiger partial charge in [-0.3, -0.25) is 10.2 Å². The number of carboxylic acids is 1. The van der Waals surface area contributed by atoms with Gasteiger partial charge < -0.3 is 34.9 Å². The maximum absolute atomic E-state index is 9.00. The number of hydrogen-bond donors (Lipinski definition) is 4. The predicted octanol–water partition coefficient (Wildman–Crippen LogP) is 1.21. The Labute approximate surface area is 153 Å². The number of aliphatic hydroxyl groups excluding tert-OH is 1. The van der Waals surface area contributed by atoms with Crippen molar-refractivity contribution < 1.29 is 34.0 Å².